The SMILES string of the molecule is C#CC(C)C1(C(C)=O)CC1. The molecule has 1 unspecified atom stereocenters. The lowest BCUT2D eigenvalue weighted by Gasteiger charge is -2.13. The summed E-state index contributed by atoms with van der Waals surface area (Å²) >= 11 is 0. The van der Waals surface area contributed by atoms with Crippen molar-refractivity contribution in [2.75, 3.05) is 0 Å². The quantitative estimate of drug-likeness (QED) is 0.527. The normalized spacial score (nSPS) is 22.9. The zero-order valence-electron chi connectivity index (χ0n) is 6.48. The van der Waals surface area contributed by atoms with Crippen LogP contribution in [0.5, 0.6) is 0 Å². The van der Waals surface area contributed by atoms with Crippen LogP contribution in [0.15, 0.2) is 0 Å². The Balaban J connectivity index is 2.71. The van der Waals surface area contributed by atoms with Crippen LogP contribution in [0.1, 0.15) is 26.7 Å². The van der Waals surface area contributed by atoms with Gasteiger partial charge in [-0.15, -0.1) is 12.3 Å². The zero-order chi connectivity index (χ0) is 7.78. The number of hydrogen-bond acceptors (Lipinski definition) is 1. The van der Waals surface area contributed by atoms with Gasteiger partial charge in [-0.1, -0.05) is 6.92 Å². The van der Waals surface area contributed by atoms with E-state index in [2.05, 4.69) is 5.92 Å². The molecule has 1 aliphatic rings. The minimum absolute atomic E-state index is 0.116. The number of carbonyl (C=O) groups is 1. The smallest absolute Gasteiger partial charge is 0.137 e. The Hall–Kier alpha value is -0.770. The van der Waals surface area contributed by atoms with Gasteiger partial charge >= 0.3 is 0 Å². The lowest BCUT2D eigenvalue weighted by atomic mass is 9.88. The summed E-state index contributed by atoms with van der Waals surface area (Å²) < 4.78 is 0. The van der Waals surface area contributed by atoms with Gasteiger partial charge in [0, 0.05) is 11.3 Å². The summed E-state index contributed by atoms with van der Waals surface area (Å²) in [6.07, 6.45) is 7.22. The molecule has 0 spiro atoms. The van der Waals surface area contributed by atoms with E-state index in [9.17, 15) is 4.79 Å². The van der Waals surface area contributed by atoms with Crippen molar-refractivity contribution >= 4 is 5.78 Å². The van der Waals surface area contributed by atoms with Crippen LogP contribution in [0.2, 0.25) is 0 Å². The van der Waals surface area contributed by atoms with Crippen molar-refractivity contribution in [3.8, 4) is 12.3 Å². The first-order valence-corrected chi connectivity index (χ1v) is 3.60. The Kier molecular flexibility index (Phi) is 1.56. The number of Topliss-reactive ketones (excluding diaryl/α,β-unsaturated/α-hetero) is 1. The summed E-state index contributed by atoms with van der Waals surface area (Å²) in [5.41, 5.74) is -0.116. The molecular weight excluding hydrogens is 124 g/mol. The Morgan fingerprint density at radius 3 is 2.30 bits per heavy atom. The molecule has 1 heteroatoms. The molecule has 0 heterocycles. The molecule has 0 bridgehead atoms. The molecule has 1 rings (SSSR count). The van der Waals surface area contributed by atoms with Gasteiger partial charge in [0.1, 0.15) is 5.78 Å². The van der Waals surface area contributed by atoms with Gasteiger partial charge in [-0.05, 0) is 19.8 Å². The number of terminal acetylenes is 1. The van der Waals surface area contributed by atoms with Crippen molar-refractivity contribution in [1.29, 1.82) is 0 Å². The van der Waals surface area contributed by atoms with Crippen LogP contribution in [-0.2, 0) is 4.79 Å². The van der Waals surface area contributed by atoms with Gasteiger partial charge in [-0.3, -0.25) is 4.79 Å². The maximum absolute atomic E-state index is 11.0. The molecule has 1 nitrogen and oxygen atoms in total. The third-order valence-electron chi connectivity index (χ3n) is 2.57. The van der Waals surface area contributed by atoms with E-state index in [1.807, 2.05) is 6.92 Å². The Bertz CT molecular complexity index is 193. The molecule has 1 saturated carbocycles. The van der Waals surface area contributed by atoms with Crippen molar-refractivity contribution in [3.63, 3.8) is 0 Å². The summed E-state index contributed by atoms with van der Waals surface area (Å²) in [5.74, 6) is 3.02. The largest absolute Gasteiger partial charge is 0.299 e. The van der Waals surface area contributed by atoms with Crippen LogP contribution < -0.4 is 0 Å². The average molecular weight is 136 g/mol. The van der Waals surface area contributed by atoms with Crippen LogP contribution in [0.3, 0.4) is 0 Å². The summed E-state index contributed by atoms with van der Waals surface area (Å²) in [6.45, 7) is 3.59. The van der Waals surface area contributed by atoms with Gasteiger partial charge in [0.25, 0.3) is 0 Å². The number of carbonyl (C=O) groups excluding carboxylic acids is 1. The van der Waals surface area contributed by atoms with Crippen molar-refractivity contribution in [3.05, 3.63) is 0 Å². The second kappa shape index (κ2) is 2.12. The molecule has 0 aliphatic heterocycles. The first kappa shape index (κ1) is 7.34. The van der Waals surface area contributed by atoms with Crippen LogP contribution in [0.4, 0.5) is 0 Å². The molecule has 0 radical (unpaired) electrons. The molecule has 0 aromatic heterocycles. The second-order valence-electron chi connectivity index (χ2n) is 3.10. The van der Waals surface area contributed by atoms with E-state index < -0.39 is 0 Å². The van der Waals surface area contributed by atoms with E-state index in [4.69, 9.17) is 6.42 Å². The highest BCUT2D eigenvalue weighted by Gasteiger charge is 2.50. The molecule has 0 saturated heterocycles. The standard InChI is InChI=1S/C9H12O/c1-4-7(2)9(5-6-9)8(3)10/h1,7H,5-6H2,2-3H3. The molecule has 54 valence electrons. The van der Waals surface area contributed by atoms with Gasteiger partial charge in [0.15, 0.2) is 0 Å². The molecule has 0 amide bonds. The maximum Gasteiger partial charge on any atom is 0.137 e. The molecule has 1 aliphatic carbocycles. The van der Waals surface area contributed by atoms with Crippen molar-refractivity contribution in [2.45, 2.75) is 26.7 Å². The predicted molar refractivity (Wildman–Crippen MR) is 40.3 cm³/mol. The van der Waals surface area contributed by atoms with Gasteiger partial charge < -0.3 is 0 Å². The van der Waals surface area contributed by atoms with E-state index in [1.54, 1.807) is 6.92 Å². The lowest BCUT2D eigenvalue weighted by Crippen LogP contribution is -2.19. The summed E-state index contributed by atoms with van der Waals surface area (Å²) in [4.78, 5) is 11.0. The Morgan fingerprint density at radius 1 is 1.70 bits per heavy atom. The van der Waals surface area contributed by atoms with Crippen LogP contribution in [0.25, 0.3) is 0 Å². The number of rotatable bonds is 2. The summed E-state index contributed by atoms with van der Waals surface area (Å²) in [6, 6.07) is 0. The number of hydrogen-bond donors (Lipinski definition) is 0. The molecular formula is C9H12O. The van der Waals surface area contributed by atoms with Crippen LogP contribution >= 0.6 is 0 Å². The predicted octanol–water partition coefficient (Wildman–Crippen LogP) is 1.62. The van der Waals surface area contributed by atoms with Crippen molar-refractivity contribution < 1.29 is 4.79 Å². The third-order valence-corrected chi connectivity index (χ3v) is 2.57. The summed E-state index contributed by atoms with van der Waals surface area (Å²) in [7, 11) is 0. The highest BCUT2D eigenvalue weighted by molar-refractivity contribution is 5.85. The van der Waals surface area contributed by atoms with E-state index in [1.165, 1.54) is 0 Å². The van der Waals surface area contributed by atoms with Gasteiger partial charge in [0.2, 0.25) is 0 Å². The zero-order valence-corrected chi connectivity index (χ0v) is 6.48. The topological polar surface area (TPSA) is 17.1 Å². The van der Waals surface area contributed by atoms with Crippen molar-refractivity contribution in [1.82, 2.24) is 0 Å². The Morgan fingerprint density at radius 2 is 2.20 bits per heavy atom. The molecule has 0 aromatic carbocycles. The molecule has 10 heavy (non-hydrogen) atoms. The lowest BCUT2D eigenvalue weighted by molar-refractivity contribution is -0.122. The first-order valence-electron chi connectivity index (χ1n) is 3.60. The molecule has 1 fully saturated rings. The molecule has 0 N–H and O–H groups in total. The van der Waals surface area contributed by atoms with Crippen molar-refractivity contribution in [2.24, 2.45) is 11.3 Å². The molecule has 0 aromatic rings. The average Bonchev–Trinajstić information content (AvgIpc) is 2.65. The fourth-order valence-corrected chi connectivity index (χ4v) is 1.38. The maximum atomic E-state index is 11.0. The fraction of sp³-hybridized carbons (Fsp3) is 0.667. The van der Waals surface area contributed by atoms with E-state index >= 15 is 0 Å². The highest BCUT2D eigenvalue weighted by Crippen LogP contribution is 2.52. The van der Waals surface area contributed by atoms with Gasteiger partial charge in [-0.2, -0.15) is 0 Å². The minimum Gasteiger partial charge on any atom is -0.299 e. The van der Waals surface area contributed by atoms with Crippen LogP contribution in [0, 0.1) is 23.7 Å². The number of ketones is 1. The highest BCUT2D eigenvalue weighted by atomic mass is 16.1. The van der Waals surface area contributed by atoms with Gasteiger partial charge in [0.05, 0.1) is 0 Å². The third kappa shape index (κ3) is 0.844. The van der Waals surface area contributed by atoms with E-state index in [0.29, 0.717) is 0 Å². The second-order valence-corrected chi connectivity index (χ2v) is 3.10. The first-order chi connectivity index (χ1) is 4.63. The fourth-order valence-electron chi connectivity index (χ4n) is 1.38. The van der Waals surface area contributed by atoms with E-state index in [0.717, 1.165) is 12.8 Å². The Labute approximate surface area is 61.8 Å². The van der Waals surface area contributed by atoms with E-state index in [-0.39, 0.29) is 17.1 Å². The molecule has 1 atom stereocenters. The minimum atomic E-state index is -0.116. The van der Waals surface area contributed by atoms with Gasteiger partial charge in [-0.25, -0.2) is 0 Å². The van der Waals surface area contributed by atoms with Crippen LogP contribution in [-0.4, -0.2) is 5.78 Å². The monoisotopic (exact) mass is 136 g/mol. The summed E-state index contributed by atoms with van der Waals surface area (Å²) in [5, 5.41) is 0.